The van der Waals surface area contributed by atoms with Gasteiger partial charge in [-0.1, -0.05) is 20.8 Å². The van der Waals surface area contributed by atoms with Gasteiger partial charge in [-0.3, -0.25) is 0 Å². The van der Waals surface area contributed by atoms with E-state index in [2.05, 4.69) is 9.99 Å². The summed E-state index contributed by atoms with van der Waals surface area (Å²) >= 11 is 0. The lowest BCUT2D eigenvalue weighted by Crippen LogP contribution is -2.09. The highest BCUT2D eigenvalue weighted by atomic mass is 16.6. The van der Waals surface area contributed by atoms with Gasteiger partial charge in [0.15, 0.2) is 0 Å². The quantitative estimate of drug-likeness (QED) is 0.621. The first kappa shape index (κ1) is 8.07. The Balaban J connectivity index is 2.89. The van der Waals surface area contributed by atoms with Gasteiger partial charge in [0.1, 0.15) is 5.76 Å². The molecule has 11 heavy (non-hydrogen) atoms. The molecule has 0 saturated heterocycles. The Bertz CT molecular complexity index is 237. The molecule has 0 aromatic carbocycles. The molecule has 0 saturated carbocycles. The SMILES string of the molecule is CC(C)(C)c1cc(ON)no1. The number of nitrogens with zero attached hydrogens (tertiary/aromatic N) is 1. The Labute approximate surface area is 65.3 Å². The average molecular weight is 156 g/mol. The van der Waals surface area contributed by atoms with Crippen LogP contribution in [0.5, 0.6) is 5.88 Å². The van der Waals surface area contributed by atoms with E-state index in [-0.39, 0.29) is 5.41 Å². The summed E-state index contributed by atoms with van der Waals surface area (Å²) in [6.07, 6.45) is 0. The molecular weight excluding hydrogens is 144 g/mol. The first-order valence-corrected chi connectivity index (χ1v) is 3.38. The van der Waals surface area contributed by atoms with E-state index in [9.17, 15) is 0 Å². The molecular formula is C7H12N2O2. The van der Waals surface area contributed by atoms with Crippen LogP contribution >= 0.6 is 0 Å². The maximum Gasteiger partial charge on any atom is 0.276 e. The lowest BCUT2D eigenvalue weighted by molar-refractivity contribution is 0.274. The zero-order chi connectivity index (χ0) is 8.48. The van der Waals surface area contributed by atoms with Crippen LogP contribution in [-0.4, -0.2) is 5.16 Å². The Hall–Kier alpha value is -1.03. The van der Waals surface area contributed by atoms with Crippen molar-refractivity contribution in [3.8, 4) is 5.88 Å². The fourth-order valence-electron chi connectivity index (χ4n) is 0.668. The minimum absolute atomic E-state index is 0.0518. The van der Waals surface area contributed by atoms with Crippen molar-refractivity contribution in [2.75, 3.05) is 0 Å². The molecule has 0 aliphatic carbocycles. The maximum absolute atomic E-state index is 4.96. The molecule has 1 rings (SSSR count). The van der Waals surface area contributed by atoms with Crippen LogP contribution in [0.25, 0.3) is 0 Å². The van der Waals surface area contributed by atoms with E-state index in [1.807, 2.05) is 20.8 Å². The first-order chi connectivity index (χ1) is 5.04. The fraction of sp³-hybridized carbons (Fsp3) is 0.571. The Kier molecular flexibility index (Phi) is 1.87. The number of hydrogen-bond donors (Lipinski definition) is 1. The van der Waals surface area contributed by atoms with Gasteiger partial charge >= 0.3 is 0 Å². The van der Waals surface area contributed by atoms with Gasteiger partial charge < -0.3 is 9.36 Å². The third-order valence-electron chi connectivity index (χ3n) is 1.35. The van der Waals surface area contributed by atoms with Crippen LogP contribution in [0.4, 0.5) is 0 Å². The summed E-state index contributed by atoms with van der Waals surface area (Å²) in [5, 5.41) is 3.58. The molecule has 1 aromatic rings. The van der Waals surface area contributed by atoms with Crippen molar-refractivity contribution in [2.45, 2.75) is 26.2 Å². The van der Waals surface area contributed by atoms with Crippen molar-refractivity contribution in [1.82, 2.24) is 5.16 Å². The molecule has 2 N–H and O–H groups in total. The van der Waals surface area contributed by atoms with E-state index >= 15 is 0 Å². The van der Waals surface area contributed by atoms with E-state index in [1.54, 1.807) is 6.07 Å². The molecule has 1 aromatic heterocycles. The van der Waals surface area contributed by atoms with Gasteiger partial charge in [0.2, 0.25) is 0 Å². The van der Waals surface area contributed by atoms with Crippen LogP contribution in [0.2, 0.25) is 0 Å². The zero-order valence-corrected chi connectivity index (χ0v) is 6.92. The van der Waals surface area contributed by atoms with E-state index in [1.165, 1.54) is 0 Å². The minimum Gasteiger partial charge on any atom is -0.388 e. The molecule has 0 amide bonds. The predicted molar refractivity (Wildman–Crippen MR) is 40.0 cm³/mol. The van der Waals surface area contributed by atoms with Crippen LogP contribution in [-0.2, 0) is 5.41 Å². The van der Waals surface area contributed by atoms with Crippen molar-refractivity contribution >= 4 is 0 Å². The topological polar surface area (TPSA) is 61.3 Å². The van der Waals surface area contributed by atoms with Crippen molar-refractivity contribution < 1.29 is 9.36 Å². The average Bonchev–Trinajstić information content (AvgIpc) is 2.32. The molecule has 4 heteroatoms. The second kappa shape index (κ2) is 2.54. The van der Waals surface area contributed by atoms with Crippen molar-refractivity contribution in [3.63, 3.8) is 0 Å². The Morgan fingerprint density at radius 1 is 1.55 bits per heavy atom. The summed E-state index contributed by atoms with van der Waals surface area (Å²) in [7, 11) is 0. The van der Waals surface area contributed by atoms with Crippen molar-refractivity contribution in [2.24, 2.45) is 5.90 Å². The molecule has 0 radical (unpaired) electrons. The van der Waals surface area contributed by atoms with Crippen LogP contribution in [0.1, 0.15) is 26.5 Å². The monoisotopic (exact) mass is 156 g/mol. The highest BCUT2D eigenvalue weighted by Crippen LogP contribution is 2.24. The molecule has 0 fully saturated rings. The molecule has 0 bridgehead atoms. The molecule has 1 heterocycles. The van der Waals surface area contributed by atoms with Gasteiger partial charge in [-0.25, -0.2) is 0 Å². The van der Waals surface area contributed by atoms with E-state index < -0.39 is 0 Å². The van der Waals surface area contributed by atoms with Gasteiger partial charge in [0.25, 0.3) is 5.88 Å². The predicted octanol–water partition coefficient (Wildman–Crippen LogP) is 1.22. The van der Waals surface area contributed by atoms with Gasteiger partial charge in [0.05, 0.1) is 0 Å². The minimum atomic E-state index is -0.0518. The summed E-state index contributed by atoms with van der Waals surface area (Å²) in [4.78, 5) is 4.39. The van der Waals surface area contributed by atoms with Crippen molar-refractivity contribution in [1.29, 1.82) is 0 Å². The molecule has 0 atom stereocenters. The van der Waals surface area contributed by atoms with Crippen LogP contribution in [0, 0.1) is 0 Å². The summed E-state index contributed by atoms with van der Waals surface area (Å²) in [6, 6.07) is 1.68. The number of rotatable bonds is 1. The van der Waals surface area contributed by atoms with Gasteiger partial charge in [-0.15, -0.1) is 0 Å². The molecule has 4 nitrogen and oxygen atoms in total. The number of aromatic nitrogens is 1. The molecule has 0 unspecified atom stereocenters. The summed E-state index contributed by atoms with van der Waals surface area (Å²) < 4.78 is 4.96. The third kappa shape index (κ3) is 1.71. The van der Waals surface area contributed by atoms with E-state index in [0.29, 0.717) is 5.88 Å². The largest absolute Gasteiger partial charge is 0.388 e. The lowest BCUT2D eigenvalue weighted by Gasteiger charge is -2.11. The molecule has 0 aliphatic rings. The summed E-state index contributed by atoms with van der Waals surface area (Å²) in [5.41, 5.74) is -0.0518. The van der Waals surface area contributed by atoms with Crippen LogP contribution in [0.3, 0.4) is 0 Å². The second-order valence-electron chi connectivity index (χ2n) is 3.40. The number of nitrogens with two attached hydrogens (primary N) is 1. The lowest BCUT2D eigenvalue weighted by atomic mass is 9.94. The Morgan fingerprint density at radius 3 is 2.45 bits per heavy atom. The summed E-state index contributed by atoms with van der Waals surface area (Å²) in [5.74, 6) is 5.96. The molecule has 62 valence electrons. The van der Waals surface area contributed by atoms with E-state index in [0.717, 1.165) is 5.76 Å². The highest BCUT2D eigenvalue weighted by Gasteiger charge is 2.19. The van der Waals surface area contributed by atoms with Crippen molar-refractivity contribution in [3.05, 3.63) is 11.8 Å². The number of hydrogen-bond acceptors (Lipinski definition) is 4. The summed E-state index contributed by atoms with van der Waals surface area (Å²) in [6.45, 7) is 6.06. The highest BCUT2D eigenvalue weighted by molar-refractivity contribution is 5.16. The van der Waals surface area contributed by atoms with E-state index in [4.69, 9.17) is 10.4 Å². The van der Waals surface area contributed by atoms with Gasteiger partial charge in [-0.05, 0) is 5.16 Å². The van der Waals surface area contributed by atoms with Crippen LogP contribution in [0.15, 0.2) is 10.6 Å². The fourth-order valence-corrected chi connectivity index (χ4v) is 0.668. The first-order valence-electron chi connectivity index (χ1n) is 3.38. The maximum atomic E-state index is 4.96. The normalized spacial score (nSPS) is 11.6. The zero-order valence-electron chi connectivity index (χ0n) is 6.92. The van der Waals surface area contributed by atoms with Gasteiger partial charge in [0, 0.05) is 11.5 Å². The van der Waals surface area contributed by atoms with Gasteiger partial charge in [-0.2, -0.15) is 5.90 Å². The molecule has 0 aliphatic heterocycles. The van der Waals surface area contributed by atoms with Crippen LogP contribution < -0.4 is 10.7 Å². The molecule has 0 spiro atoms. The second-order valence-corrected chi connectivity index (χ2v) is 3.40. The standard InChI is InChI=1S/C7H12N2O2/c1-7(2,3)5-4-6(10-8)9-11-5/h4H,8H2,1-3H3. The Morgan fingerprint density at radius 2 is 2.18 bits per heavy atom. The smallest absolute Gasteiger partial charge is 0.276 e. The third-order valence-corrected chi connectivity index (χ3v) is 1.35.